The van der Waals surface area contributed by atoms with Crippen molar-refractivity contribution < 1.29 is 14.3 Å². The second-order valence-electron chi connectivity index (χ2n) is 4.33. The molecule has 2 rings (SSSR count). The van der Waals surface area contributed by atoms with Gasteiger partial charge in [0.05, 0.1) is 22.4 Å². The second kappa shape index (κ2) is 7.12. The fourth-order valence-electron chi connectivity index (χ4n) is 1.70. The molecule has 0 bridgehead atoms. The number of aromatic carboxylic acids is 1. The Hall–Kier alpha value is -1.89. The van der Waals surface area contributed by atoms with Crippen molar-refractivity contribution in [1.29, 1.82) is 0 Å². The molecule has 2 aromatic rings. The Morgan fingerprint density at radius 1 is 1.26 bits per heavy atom. The van der Waals surface area contributed by atoms with Crippen LogP contribution in [0.5, 0.6) is 0 Å². The molecule has 0 aliphatic heterocycles. The number of hydrogen-bond donors (Lipinski definition) is 1. The molecule has 1 aromatic carbocycles. The smallest absolute Gasteiger partial charge is 0.150 e. The molecule has 0 aliphatic carbocycles. The number of nitrogens with zero attached hydrogens (tertiary/aromatic N) is 2. The van der Waals surface area contributed by atoms with Crippen LogP contribution in [0.4, 0.5) is 10.1 Å². The monoisotopic (exact) mass is 374 g/mol. The molecule has 1 N–H and O–H groups in total. The zero-order chi connectivity index (χ0) is 17.1. The predicted molar refractivity (Wildman–Crippen MR) is 85.8 cm³/mol. The minimum Gasteiger partial charge on any atom is -0.543 e. The highest BCUT2D eigenvalue weighted by Gasteiger charge is 2.17. The number of benzene rings is 1. The van der Waals surface area contributed by atoms with E-state index in [0.717, 1.165) is 0 Å². The first-order valence-corrected chi connectivity index (χ1v) is 7.27. The second-order valence-corrected chi connectivity index (χ2v) is 5.44. The van der Waals surface area contributed by atoms with Crippen molar-refractivity contribution in [3.05, 3.63) is 56.5 Å². The molecule has 0 radical (unpaired) electrons. The lowest BCUT2D eigenvalue weighted by atomic mass is 10.1. The standard InChI is InChI=1S/C14H9Cl3FN3O2/c1-6(7-4-2-3-5-8(7)18)20-21-11-9(15)12(14(22)23)19-13(17)10(11)16/h2-5H,1H3,(H,19,21)(H,22,23)/p-1/b20-6-. The molecule has 0 saturated heterocycles. The van der Waals surface area contributed by atoms with E-state index in [1.54, 1.807) is 19.1 Å². The van der Waals surface area contributed by atoms with E-state index in [2.05, 4.69) is 15.5 Å². The van der Waals surface area contributed by atoms with Crippen LogP contribution in [-0.4, -0.2) is 16.7 Å². The van der Waals surface area contributed by atoms with Gasteiger partial charge >= 0.3 is 0 Å². The zero-order valence-corrected chi connectivity index (χ0v) is 13.8. The fourth-order valence-corrected chi connectivity index (χ4v) is 2.36. The number of pyridine rings is 1. The average molecular weight is 376 g/mol. The Bertz CT molecular complexity index is 812. The molecule has 0 spiro atoms. The number of halogens is 4. The maximum absolute atomic E-state index is 13.7. The van der Waals surface area contributed by atoms with Gasteiger partial charge in [0.25, 0.3) is 0 Å². The maximum Gasteiger partial charge on any atom is 0.150 e. The largest absolute Gasteiger partial charge is 0.543 e. The number of rotatable bonds is 4. The van der Waals surface area contributed by atoms with E-state index in [9.17, 15) is 14.3 Å². The van der Waals surface area contributed by atoms with E-state index < -0.39 is 17.5 Å². The summed E-state index contributed by atoms with van der Waals surface area (Å²) in [5, 5.41) is 14.2. The summed E-state index contributed by atoms with van der Waals surface area (Å²) in [6.07, 6.45) is 0. The van der Waals surface area contributed by atoms with Gasteiger partial charge in [0, 0.05) is 5.56 Å². The van der Waals surface area contributed by atoms with Gasteiger partial charge in [-0.15, -0.1) is 0 Å². The van der Waals surface area contributed by atoms with Crippen LogP contribution < -0.4 is 10.5 Å². The molecule has 5 nitrogen and oxygen atoms in total. The predicted octanol–water partition coefficient (Wildman–Crippen LogP) is 3.38. The molecule has 23 heavy (non-hydrogen) atoms. The first-order valence-electron chi connectivity index (χ1n) is 6.14. The van der Waals surface area contributed by atoms with E-state index in [4.69, 9.17) is 34.8 Å². The SMILES string of the molecule is C/C(=N/Nc1c(Cl)c(Cl)nc(C(=O)[O-])c1Cl)c1ccccc1F. The summed E-state index contributed by atoms with van der Waals surface area (Å²) < 4.78 is 13.7. The molecular weight excluding hydrogens is 368 g/mol. The number of hydrazone groups is 1. The molecule has 9 heteroatoms. The van der Waals surface area contributed by atoms with Gasteiger partial charge in [0.15, 0.2) is 5.15 Å². The molecule has 1 aromatic heterocycles. The summed E-state index contributed by atoms with van der Waals surface area (Å²) in [4.78, 5) is 14.5. The van der Waals surface area contributed by atoms with Gasteiger partial charge in [-0.2, -0.15) is 5.10 Å². The third kappa shape index (κ3) is 3.72. The fraction of sp³-hybridized carbons (Fsp3) is 0.0714. The lowest BCUT2D eigenvalue weighted by Gasteiger charge is -2.13. The van der Waals surface area contributed by atoms with Crippen LogP contribution in [0.1, 0.15) is 23.0 Å². The van der Waals surface area contributed by atoms with Crippen LogP contribution >= 0.6 is 34.8 Å². The van der Waals surface area contributed by atoms with Gasteiger partial charge in [-0.25, -0.2) is 9.37 Å². The molecular formula is C14H8Cl3FN3O2-. The van der Waals surface area contributed by atoms with Crippen molar-refractivity contribution in [3.8, 4) is 0 Å². The quantitative estimate of drug-likeness (QED) is 0.505. The van der Waals surface area contributed by atoms with Gasteiger partial charge in [0.1, 0.15) is 16.5 Å². The Kier molecular flexibility index (Phi) is 5.41. The summed E-state index contributed by atoms with van der Waals surface area (Å²) in [5.41, 5.74) is 2.38. The third-order valence-corrected chi connectivity index (χ3v) is 3.94. The van der Waals surface area contributed by atoms with Gasteiger partial charge < -0.3 is 9.90 Å². The van der Waals surface area contributed by atoms with Crippen molar-refractivity contribution in [2.75, 3.05) is 5.43 Å². The average Bonchev–Trinajstić information content (AvgIpc) is 2.50. The number of aromatic nitrogens is 1. The molecule has 120 valence electrons. The van der Waals surface area contributed by atoms with Crippen molar-refractivity contribution >= 4 is 52.2 Å². The number of carbonyl (C=O) groups is 1. The number of carbonyl (C=O) groups excluding carboxylic acids is 1. The molecule has 0 amide bonds. The lowest BCUT2D eigenvalue weighted by molar-refractivity contribution is -0.255. The van der Waals surface area contributed by atoms with Crippen LogP contribution in [0.3, 0.4) is 0 Å². The summed E-state index contributed by atoms with van der Waals surface area (Å²) in [6.45, 7) is 1.55. The highest BCUT2D eigenvalue weighted by Crippen LogP contribution is 2.36. The number of anilines is 1. The number of nitrogens with one attached hydrogen (secondary N) is 1. The summed E-state index contributed by atoms with van der Waals surface area (Å²) in [5.74, 6) is -2.08. The van der Waals surface area contributed by atoms with E-state index in [-0.39, 0.29) is 32.2 Å². The lowest BCUT2D eigenvalue weighted by Crippen LogP contribution is -2.24. The zero-order valence-electron chi connectivity index (χ0n) is 11.5. The normalized spacial score (nSPS) is 11.4. The van der Waals surface area contributed by atoms with Crippen molar-refractivity contribution in [2.45, 2.75) is 6.92 Å². The number of hydrogen-bond acceptors (Lipinski definition) is 5. The van der Waals surface area contributed by atoms with Crippen LogP contribution in [0.15, 0.2) is 29.4 Å². The summed E-state index contributed by atoms with van der Waals surface area (Å²) >= 11 is 17.6. The van der Waals surface area contributed by atoms with Gasteiger partial charge in [0.2, 0.25) is 0 Å². The van der Waals surface area contributed by atoms with Crippen LogP contribution in [0, 0.1) is 5.82 Å². The molecule has 0 fully saturated rings. The summed E-state index contributed by atoms with van der Waals surface area (Å²) in [6, 6.07) is 6.01. The molecule has 0 unspecified atom stereocenters. The van der Waals surface area contributed by atoms with E-state index in [0.29, 0.717) is 0 Å². The van der Waals surface area contributed by atoms with E-state index >= 15 is 0 Å². The first kappa shape index (κ1) is 17.5. The Morgan fingerprint density at radius 3 is 2.52 bits per heavy atom. The molecule has 0 aliphatic rings. The third-order valence-electron chi connectivity index (χ3n) is 2.83. The maximum atomic E-state index is 13.7. The van der Waals surface area contributed by atoms with E-state index in [1.807, 2.05) is 0 Å². The molecule has 0 saturated carbocycles. The van der Waals surface area contributed by atoms with Gasteiger partial charge in [-0.3, -0.25) is 5.43 Å². The Labute approximate surface area is 145 Å². The van der Waals surface area contributed by atoms with Crippen molar-refractivity contribution in [1.82, 2.24) is 4.98 Å². The summed E-state index contributed by atoms with van der Waals surface area (Å²) in [7, 11) is 0. The topological polar surface area (TPSA) is 77.4 Å². The van der Waals surface area contributed by atoms with Crippen molar-refractivity contribution in [3.63, 3.8) is 0 Å². The first-order chi connectivity index (χ1) is 10.8. The number of carboxylic acids is 1. The minimum absolute atomic E-state index is 0.0665. The Balaban J connectivity index is 2.43. The van der Waals surface area contributed by atoms with Crippen LogP contribution in [-0.2, 0) is 0 Å². The van der Waals surface area contributed by atoms with Crippen molar-refractivity contribution in [2.24, 2.45) is 5.10 Å². The minimum atomic E-state index is -1.62. The molecule has 1 heterocycles. The number of carboxylic acid groups (broad SMARTS) is 1. The highest BCUT2D eigenvalue weighted by atomic mass is 35.5. The van der Waals surface area contributed by atoms with Crippen LogP contribution in [0.25, 0.3) is 0 Å². The van der Waals surface area contributed by atoms with E-state index in [1.165, 1.54) is 12.1 Å². The highest BCUT2D eigenvalue weighted by molar-refractivity contribution is 6.46. The van der Waals surface area contributed by atoms with Crippen LogP contribution in [0.2, 0.25) is 15.2 Å². The Morgan fingerprint density at radius 2 is 1.91 bits per heavy atom. The van der Waals surface area contributed by atoms with Gasteiger partial charge in [-0.1, -0.05) is 53.0 Å². The molecule has 0 atom stereocenters. The van der Waals surface area contributed by atoms with Gasteiger partial charge in [-0.05, 0) is 13.0 Å².